The molecule has 2 nitrogen and oxygen atoms in total. The van der Waals surface area contributed by atoms with Crippen molar-refractivity contribution in [2.24, 2.45) is 0 Å². The summed E-state index contributed by atoms with van der Waals surface area (Å²) < 4.78 is 5.42. The van der Waals surface area contributed by atoms with Crippen LogP contribution in [0.1, 0.15) is 18.1 Å². The predicted octanol–water partition coefficient (Wildman–Crippen LogP) is 5.95. The van der Waals surface area contributed by atoms with Crippen molar-refractivity contribution < 1.29 is 9.53 Å². The van der Waals surface area contributed by atoms with Crippen LogP contribution in [-0.4, -0.2) is 20.7 Å². The summed E-state index contributed by atoms with van der Waals surface area (Å²) in [6.45, 7) is 9.14. The van der Waals surface area contributed by atoms with E-state index in [1.807, 2.05) is 48.6 Å². The highest BCUT2D eigenvalue weighted by molar-refractivity contribution is 6.76. The lowest BCUT2D eigenvalue weighted by atomic mass is 9.97. The van der Waals surface area contributed by atoms with E-state index in [-0.39, 0.29) is 5.97 Å². The molecule has 0 atom stereocenters. The first-order valence-corrected chi connectivity index (χ1v) is 12.7. The van der Waals surface area contributed by atoms with E-state index in [0.29, 0.717) is 12.2 Å². The molecule has 0 saturated heterocycles. The molecule has 2 rings (SSSR count). The second-order valence-electron chi connectivity index (χ2n) is 7.61. The van der Waals surface area contributed by atoms with Gasteiger partial charge < -0.3 is 4.74 Å². The molecular weight excluding hydrogens is 336 g/mol. The van der Waals surface area contributed by atoms with Crippen LogP contribution in [0.4, 0.5) is 0 Å². The maximum absolute atomic E-state index is 12.2. The largest absolute Gasteiger partial charge is 0.463 e. The first-order valence-electron chi connectivity index (χ1n) is 9.03. The van der Waals surface area contributed by atoms with Crippen LogP contribution in [0, 0.1) is 0 Å². The van der Waals surface area contributed by atoms with Crippen molar-refractivity contribution in [3.05, 3.63) is 89.5 Å². The minimum atomic E-state index is -1.19. The third kappa shape index (κ3) is 6.49. The zero-order valence-electron chi connectivity index (χ0n) is 16.2. The number of carbonyl (C=O) groups excluding carboxylic acids is 1. The van der Waals surface area contributed by atoms with Gasteiger partial charge in [0.05, 0.1) is 6.61 Å². The van der Waals surface area contributed by atoms with Gasteiger partial charge in [0.15, 0.2) is 0 Å². The SMILES string of the molecule is CC(=CC=C(c1ccccc1)c1ccccc1)C(=O)OCC[Si](C)(C)C. The fourth-order valence-electron chi connectivity index (χ4n) is 2.43. The minimum Gasteiger partial charge on any atom is -0.463 e. The van der Waals surface area contributed by atoms with E-state index < -0.39 is 8.07 Å². The number of benzene rings is 2. The van der Waals surface area contributed by atoms with Gasteiger partial charge in [-0.2, -0.15) is 0 Å². The molecule has 0 saturated carbocycles. The molecule has 0 N–H and O–H groups in total. The summed E-state index contributed by atoms with van der Waals surface area (Å²) in [6, 6.07) is 21.4. The number of allylic oxidation sites excluding steroid dienone is 2. The highest BCUT2D eigenvalue weighted by atomic mass is 28.3. The molecule has 3 heteroatoms. The standard InChI is InChI=1S/C23H28O2Si/c1-19(23(24)25-17-18-26(2,3)4)15-16-22(20-11-7-5-8-12-20)21-13-9-6-10-14-21/h5-16H,17-18H2,1-4H3. The van der Waals surface area contributed by atoms with Gasteiger partial charge in [0.1, 0.15) is 0 Å². The summed E-state index contributed by atoms with van der Waals surface area (Å²) >= 11 is 0. The van der Waals surface area contributed by atoms with Gasteiger partial charge in [-0.3, -0.25) is 0 Å². The number of hydrogen-bond donors (Lipinski definition) is 0. The number of carbonyl (C=O) groups is 1. The molecule has 0 aliphatic carbocycles. The Morgan fingerprint density at radius 1 is 0.885 bits per heavy atom. The second kappa shape index (κ2) is 9.34. The third-order valence-electron chi connectivity index (χ3n) is 4.08. The van der Waals surface area contributed by atoms with Gasteiger partial charge in [0.2, 0.25) is 0 Å². The van der Waals surface area contributed by atoms with Crippen molar-refractivity contribution in [3.63, 3.8) is 0 Å². The Labute approximate surface area is 158 Å². The zero-order valence-corrected chi connectivity index (χ0v) is 17.2. The normalized spacial score (nSPS) is 11.8. The van der Waals surface area contributed by atoms with E-state index >= 15 is 0 Å². The number of rotatable bonds is 7. The van der Waals surface area contributed by atoms with Crippen LogP contribution in [0.2, 0.25) is 25.7 Å². The Kier molecular flexibility index (Phi) is 7.16. The molecule has 0 spiro atoms. The fourth-order valence-corrected chi connectivity index (χ4v) is 3.15. The molecule has 2 aromatic rings. The Bertz CT molecular complexity index is 727. The maximum Gasteiger partial charge on any atom is 0.333 e. The van der Waals surface area contributed by atoms with Gasteiger partial charge in [-0.1, -0.05) is 92.5 Å². The summed E-state index contributed by atoms with van der Waals surface area (Å²) in [7, 11) is -1.19. The van der Waals surface area contributed by atoms with Crippen LogP contribution in [0.3, 0.4) is 0 Å². The first-order chi connectivity index (χ1) is 12.4. The Hall–Kier alpha value is -2.39. The summed E-state index contributed by atoms with van der Waals surface area (Å²) in [5.41, 5.74) is 3.94. The molecule has 0 amide bonds. The first kappa shape index (κ1) is 19.9. The van der Waals surface area contributed by atoms with E-state index in [4.69, 9.17) is 4.74 Å². The Morgan fingerprint density at radius 3 is 1.85 bits per heavy atom. The van der Waals surface area contributed by atoms with E-state index in [0.717, 1.165) is 22.7 Å². The highest BCUT2D eigenvalue weighted by Crippen LogP contribution is 2.23. The number of esters is 1. The van der Waals surface area contributed by atoms with Crippen LogP contribution in [-0.2, 0) is 9.53 Å². The monoisotopic (exact) mass is 364 g/mol. The van der Waals surface area contributed by atoms with E-state index in [1.54, 1.807) is 6.92 Å². The maximum atomic E-state index is 12.2. The van der Waals surface area contributed by atoms with E-state index in [9.17, 15) is 4.79 Å². The van der Waals surface area contributed by atoms with E-state index in [1.165, 1.54) is 0 Å². The summed E-state index contributed by atoms with van der Waals surface area (Å²) in [4.78, 5) is 12.2. The van der Waals surface area contributed by atoms with Gasteiger partial charge in [-0.25, -0.2) is 4.79 Å². The number of ether oxygens (including phenoxy) is 1. The lowest BCUT2D eigenvalue weighted by molar-refractivity contribution is -0.138. The van der Waals surface area contributed by atoms with Crippen molar-refractivity contribution in [2.75, 3.05) is 6.61 Å². The lowest BCUT2D eigenvalue weighted by Crippen LogP contribution is -2.22. The van der Waals surface area contributed by atoms with Gasteiger partial charge in [0.25, 0.3) is 0 Å². The number of hydrogen-bond acceptors (Lipinski definition) is 2. The summed E-state index contributed by atoms with van der Waals surface area (Å²) in [6.07, 6.45) is 3.85. The zero-order chi connectivity index (χ0) is 19.0. The van der Waals surface area contributed by atoms with Crippen LogP contribution in [0.15, 0.2) is 78.4 Å². The van der Waals surface area contributed by atoms with Gasteiger partial charge in [0, 0.05) is 13.6 Å². The smallest absolute Gasteiger partial charge is 0.333 e. The molecular formula is C23H28O2Si. The summed E-state index contributed by atoms with van der Waals surface area (Å²) in [5.74, 6) is -0.236. The quantitative estimate of drug-likeness (QED) is 0.263. The van der Waals surface area contributed by atoms with Crippen LogP contribution in [0.25, 0.3) is 5.57 Å². The molecule has 0 heterocycles. The van der Waals surface area contributed by atoms with Gasteiger partial charge >= 0.3 is 5.97 Å². The molecule has 0 radical (unpaired) electrons. The second-order valence-corrected chi connectivity index (χ2v) is 13.2. The highest BCUT2D eigenvalue weighted by Gasteiger charge is 2.14. The van der Waals surface area contributed by atoms with Crippen LogP contribution >= 0.6 is 0 Å². The van der Waals surface area contributed by atoms with Crippen molar-refractivity contribution in [3.8, 4) is 0 Å². The third-order valence-corrected chi connectivity index (χ3v) is 5.78. The molecule has 2 aromatic carbocycles. The average molecular weight is 365 g/mol. The molecule has 0 aromatic heterocycles. The van der Waals surface area contributed by atoms with Crippen molar-refractivity contribution in [1.29, 1.82) is 0 Å². The molecule has 0 unspecified atom stereocenters. The molecule has 26 heavy (non-hydrogen) atoms. The minimum absolute atomic E-state index is 0.236. The van der Waals surface area contributed by atoms with E-state index in [2.05, 4.69) is 43.9 Å². The summed E-state index contributed by atoms with van der Waals surface area (Å²) in [5, 5.41) is 0. The Balaban J connectivity index is 2.19. The van der Waals surface area contributed by atoms with Crippen LogP contribution < -0.4 is 0 Å². The van der Waals surface area contributed by atoms with Crippen LogP contribution in [0.5, 0.6) is 0 Å². The van der Waals surface area contributed by atoms with Crippen molar-refractivity contribution in [2.45, 2.75) is 32.6 Å². The fraction of sp³-hybridized carbons (Fsp3) is 0.261. The van der Waals surface area contributed by atoms with Crippen molar-refractivity contribution >= 4 is 19.6 Å². The molecule has 0 aliphatic rings. The van der Waals surface area contributed by atoms with Gasteiger partial charge in [-0.05, 0) is 29.7 Å². The predicted molar refractivity (Wildman–Crippen MR) is 113 cm³/mol. The van der Waals surface area contributed by atoms with Gasteiger partial charge in [-0.15, -0.1) is 0 Å². The molecule has 136 valence electrons. The van der Waals surface area contributed by atoms with Crippen molar-refractivity contribution in [1.82, 2.24) is 0 Å². The molecule has 0 aliphatic heterocycles. The Morgan fingerprint density at radius 2 is 1.38 bits per heavy atom. The molecule has 0 bridgehead atoms. The average Bonchev–Trinajstić information content (AvgIpc) is 2.62. The topological polar surface area (TPSA) is 26.3 Å². The lowest BCUT2D eigenvalue weighted by Gasteiger charge is -2.15. The molecule has 0 fully saturated rings.